The maximum atomic E-state index is 11.7. The minimum atomic E-state index is -0.117. The minimum absolute atomic E-state index is 0.0481. The van der Waals surface area contributed by atoms with E-state index in [9.17, 15) is 4.79 Å². The molecule has 1 rings (SSSR count). The van der Waals surface area contributed by atoms with Gasteiger partial charge in [-0.1, -0.05) is 11.6 Å². The van der Waals surface area contributed by atoms with Gasteiger partial charge in [-0.3, -0.25) is 4.79 Å². The quantitative estimate of drug-likeness (QED) is 0.518. The number of halogens is 1. The van der Waals surface area contributed by atoms with Gasteiger partial charge < -0.3 is 15.7 Å². The van der Waals surface area contributed by atoms with Gasteiger partial charge in [0.2, 0.25) is 5.91 Å². The van der Waals surface area contributed by atoms with E-state index < -0.39 is 0 Å². The van der Waals surface area contributed by atoms with Gasteiger partial charge in [0.05, 0.1) is 5.69 Å². The van der Waals surface area contributed by atoms with E-state index in [-0.39, 0.29) is 23.7 Å². The first-order valence-electron chi connectivity index (χ1n) is 5.88. The van der Waals surface area contributed by atoms with Gasteiger partial charge in [-0.2, -0.15) is 0 Å². The summed E-state index contributed by atoms with van der Waals surface area (Å²) >= 11 is 5.84. The summed E-state index contributed by atoms with van der Waals surface area (Å²) in [4.78, 5) is 15.6. The van der Waals surface area contributed by atoms with Crippen LogP contribution in [-0.2, 0) is 4.79 Å². The van der Waals surface area contributed by atoms with Crippen molar-refractivity contribution in [2.75, 3.05) is 18.5 Å². The van der Waals surface area contributed by atoms with Crippen LogP contribution in [0.5, 0.6) is 0 Å². The van der Waals surface area contributed by atoms with Crippen LogP contribution < -0.4 is 10.6 Å². The maximum Gasteiger partial charge on any atom is 0.226 e. The zero-order chi connectivity index (χ0) is 13.4. The minimum Gasteiger partial charge on any atom is -0.396 e. The molecule has 0 spiro atoms. The first kappa shape index (κ1) is 14.9. The monoisotopic (exact) mass is 271 g/mol. The Labute approximate surface area is 112 Å². The second-order valence-corrected chi connectivity index (χ2v) is 4.38. The van der Waals surface area contributed by atoms with Gasteiger partial charge in [-0.15, -0.1) is 0 Å². The van der Waals surface area contributed by atoms with E-state index >= 15 is 0 Å². The number of rotatable bonds is 7. The van der Waals surface area contributed by atoms with Crippen molar-refractivity contribution in [1.29, 1.82) is 0 Å². The lowest BCUT2D eigenvalue weighted by atomic mass is 10.2. The molecule has 0 aliphatic carbocycles. The SMILES string of the molecule is CC(CC(=O)Nc1cccnc1Cl)NCCCO. The molecule has 1 unspecified atom stereocenters. The molecule has 0 aliphatic heterocycles. The Morgan fingerprint density at radius 2 is 2.39 bits per heavy atom. The molecule has 1 aromatic heterocycles. The van der Waals surface area contributed by atoms with Gasteiger partial charge >= 0.3 is 0 Å². The van der Waals surface area contributed by atoms with Crippen LogP contribution in [0.3, 0.4) is 0 Å². The van der Waals surface area contributed by atoms with E-state index in [2.05, 4.69) is 15.6 Å². The summed E-state index contributed by atoms with van der Waals surface area (Å²) in [5, 5.41) is 14.8. The lowest BCUT2D eigenvalue weighted by Gasteiger charge is -2.13. The highest BCUT2D eigenvalue weighted by Crippen LogP contribution is 2.17. The summed E-state index contributed by atoms with van der Waals surface area (Å²) in [6, 6.07) is 3.47. The molecular formula is C12H18ClN3O2. The third kappa shape index (κ3) is 5.44. The Balaban J connectivity index is 2.35. The number of hydrogen-bond donors (Lipinski definition) is 3. The van der Waals surface area contributed by atoms with Crippen molar-refractivity contribution in [3.05, 3.63) is 23.5 Å². The number of pyridine rings is 1. The van der Waals surface area contributed by atoms with E-state index in [0.29, 0.717) is 25.1 Å². The number of amides is 1. The molecule has 1 heterocycles. The van der Waals surface area contributed by atoms with Crippen molar-refractivity contribution in [2.45, 2.75) is 25.8 Å². The van der Waals surface area contributed by atoms with E-state index in [1.54, 1.807) is 18.3 Å². The molecule has 0 saturated carbocycles. The van der Waals surface area contributed by atoms with Gasteiger partial charge in [0.15, 0.2) is 5.15 Å². The summed E-state index contributed by atoms with van der Waals surface area (Å²) in [6.45, 7) is 2.76. The standard InChI is InChI=1S/C12H18ClN3O2/c1-9(14-6-3-7-17)8-11(18)16-10-4-2-5-15-12(10)13/h2,4-5,9,14,17H,3,6-8H2,1H3,(H,16,18). The molecule has 1 amide bonds. The Hall–Kier alpha value is -1.17. The Bertz CT molecular complexity index is 387. The maximum absolute atomic E-state index is 11.7. The second kappa shape index (κ2) is 8.02. The summed E-state index contributed by atoms with van der Waals surface area (Å²) in [5.74, 6) is -0.117. The zero-order valence-electron chi connectivity index (χ0n) is 10.3. The molecule has 18 heavy (non-hydrogen) atoms. The first-order valence-corrected chi connectivity index (χ1v) is 6.26. The summed E-state index contributed by atoms with van der Waals surface area (Å²) in [5.41, 5.74) is 0.520. The molecule has 100 valence electrons. The average Bonchev–Trinajstić information content (AvgIpc) is 2.32. The van der Waals surface area contributed by atoms with Crippen LogP contribution >= 0.6 is 11.6 Å². The Morgan fingerprint density at radius 3 is 3.06 bits per heavy atom. The van der Waals surface area contributed by atoms with Crippen LogP contribution in [0.25, 0.3) is 0 Å². The largest absolute Gasteiger partial charge is 0.396 e. The number of nitrogens with one attached hydrogen (secondary N) is 2. The molecule has 0 radical (unpaired) electrons. The topological polar surface area (TPSA) is 74.2 Å². The fourth-order valence-electron chi connectivity index (χ4n) is 1.46. The number of aromatic nitrogens is 1. The fraction of sp³-hybridized carbons (Fsp3) is 0.500. The lowest BCUT2D eigenvalue weighted by Crippen LogP contribution is -2.31. The molecule has 0 fully saturated rings. The summed E-state index contributed by atoms with van der Waals surface area (Å²) in [7, 11) is 0. The number of nitrogens with zero attached hydrogens (tertiary/aromatic N) is 1. The van der Waals surface area contributed by atoms with E-state index in [1.165, 1.54) is 0 Å². The van der Waals surface area contributed by atoms with Crippen LogP contribution in [0.15, 0.2) is 18.3 Å². The van der Waals surface area contributed by atoms with Crippen molar-refractivity contribution in [1.82, 2.24) is 10.3 Å². The van der Waals surface area contributed by atoms with Crippen molar-refractivity contribution < 1.29 is 9.90 Å². The predicted molar refractivity (Wildman–Crippen MR) is 71.7 cm³/mol. The highest BCUT2D eigenvalue weighted by Gasteiger charge is 2.10. The Kier molecular flexibility index (Phi) is 6.64. The molecule has 6 heteroatoms. The molecule has 5 nitrogen and oxygen atoms in total. The zero-order valence-corrected chi connectivity index (χ0v) is 11.1. The number of hydrogen-bond acceptors (Lipinski definition) is 4. The van der Waals surface area contributed by atoms with Gasteiger partial charge in [0.25, 0.3) is 0 Å². The van der Waals surface area contributed by atoms with E-state index in [4.69, 9.17) is 16.7 Å². The van der Waals surface area contributed by atoms with Crippen LogP contribution in [-0.4, -0.2) is 35.2 Å². The molecule has 0 saturated heterocycles. The fourth-order valence-corrected chi connectivity index (χ4v) is 1.62. The number of carbonyl (C=O) groups excluding carboxylic acids is 1. The van der Waals surface area contributed by atoms with Crippen LogP contribution in [0.2, 0.25) is 5.15 Å². The molecule has 0 bridgehead atoms. The third-order valence-electron chi connectivity index (χ3n) is 2.35. The van der Waals surface area contributed by atoms with Gasteiger partial charge in [-0.05, 0) is 32.0 Å². The predicted octanol–water partition coefficient (Wildman–Crippen LogP) is 1.42. The number of aliphatic hydroxyl groups is 1. The molecule has 0 aliphatic rings. The molecule has 1 atom stereocenters. The van der Waals surface area contributed by atoms with Crippen molar-refractivity contribution in [3.8, 4) is 0 Å². The van der Waals surface area contributed by atoms with Gasteiger partial charge in [0.1, 0.15) is 0 Å². The number of carbonyl (C=O) groups is 1. The van der Waals surface area contributed by atoms with Gasteiger partial charge in [-0.25, -0.2) is 4.98 Å². The normalized spacial score (nSPS) is 12.2. The average molecular weight is 272 g/mol. The van der Waals surface area contributed by atoms with Crippen molar-refractivity contribution in [2.24, 2.45) is 0 Å². The number of anilines is 1. The highest BCUT2D eigenvalue weighted by molar-refractivity contribution is 6.32. The molecular weight excluding hydrogens is 254 g/mol. The number of aliphatic hydroxyl groups excluding tert-OH is 1. The first-order chi connectivity index (χ1) is 8.63. The van der Waals surface area contributed by atoms with Crippen molar-refractivity contribution in [3.63, 3.8) is 0 Å². The lowest BCUT2D eigenvalue weighted by molar-refractivity contribution is -0.116. The van der Waals surface area contributed by atoms with Crippen LogP contribution in [0.4, 0.5) is 5.69 Å². The van der Waals surface area contributed by atoms with Crippen LogP contribution in [0, 0.1) is 0 Å². The van der Waals surface area contributed by atoms with E-state index in [1.807, 2.05) is 6.92 Å². The molecule has 1 aromatic rings. The van der Waals surface area contributed by atoms with Crippen molar-refractivity contribution >= 4 is 23.2 Å². The molecule has 0 aromatic carbocycles. The van der Waals surface area contributed by atoms with Gasteiger partial charge in [0, 0.05) is 25.3 Å². The smallest absolute Gasteiger partial charge is 0.226 e. The third-order valence-corrected chi connectivity index (χ3v) is 2.65. The summed E-state index contributed by atoms with van der Waals surface area (Å²) < 4.78 is 0. The highest BCUT2D eigenvalue weighted by atomic mass is 35.5. The van der Waals surface area contributed by atoms with Crippen LogP contribution in [0.1, 0.15) is 19.8 Å². The summed E-state index contributed by atoms with van der Waals surface area (Å²) in [6.07, 6.45) is 2.59. The van der Waals surface area contributed by atoms with E-state index in [0.717, 1.165) is 0 Å². The Morgan fingerprint density at radius 1 is 1.61 bits per heavy atom. The molecule has 3 N–H and O–H groups in total. The second-order valence-electron chi connectivity index (χ2n) is 4.03.